The van der Waals surface area contributed by atoms with E-state index in [0.29, 0.717) is 22.9 Å². The van der Waals surface area contributed by atoms with Crippen LogP contribution in [-0.2, 0) is 0 Å². The summed E-state index contributed by atoms with van der Waals surface area (Å²) in [5, 5.41) is 4.71. The van der Waals surface area contributed by atoms with Crippen molar-refractivity contribution in [2.75, 3.05) is 24.2 Å². The Hall–Kier alpha value is -2.32. The van der Waals surface area contributed by atoms with Crippen LogP contribution in [0.2, 0.25) is 0 Å². The SMILES string of the molecule is C=C/C=C(\C=C/CBr)N(C)C=Nc1c(C=O)sc2ncnc(NCC)c12. The summed E-state index contributed by atoms with van der Waals surface area (Å²) in [6, 6.07) is 0. The van der Waals surface area contributed by atoms with Crippen molar-refractivity contribution < 1.29 is 4.79 Å². The van der Waals surface area contributed by atoms with Gasteiger partial charge in [-0.05, 0) is 19.1 Å². The molecular formula is C18H20BrN5OS. The summed E-state index contributed by atoms with van der Waals surface area (Å²) in [6.07, 6.45) is 11.5. The Labute approximate surface area is 165 Å². The molecule has 0 aliphatic rings. The van der Waals surface area contributed by atoms with Gasteiger partial charge in [0.15, 0.2) is 6.29 Å². The summed E-state index contributed by atoms with van der Waals surface area (Å²) in [5.74, 6) is 0.678. The van der Waals surface area contributed by atoms with Gasteiger partial charge in [-0.3, -0.25) is 4.79 Å². The number of nitrogens with one attached hydrogen (secondary N) is 1. The highest BCUT2D eigenvalue weighted by Crippen LogP contribution is 2.39. The maximum absolute atomic E-state index is 11.5. The van der Waals surface area contributed by atoms with Gasteiger partial charge in [0.2, 0.25) is 0 Å². The van der Waals surface area contributed by atoms with Gasteiger partial charge in [-0.25, -0.2) is 15.0 Å². The Bertz CT molecular complexity index is 872. The molecule has 8 heteroatoms. The van der Waals surface area contributed by atoms with Gasteiger partial charge in [-0.2, -0.15) is 0 Å². The molecule has 26 heavy (non-hydrogen) atoms. The van der Waals surface area contributed by atoms with Gasteiger partial charge in [-0.15, -0.1) is 11.3 Å². The van der Waals surface area contributed by atoms with Gasteiger partial charge in [0.25, 0.3) is 0 Å². The highest BCUT2D eigenvalue weighted by molar-refractivity contribution is 9.09. The van der Waals surface area contributed by atoms with E-state index in [1.807, 2.05) is 37.1 Å². The molecule has 0 fully saturated rings. The number of hydrogen-bond donors (Lipinski definition) is 1. The fraction of sp³-hybridized carbons (Fsp3) is 0.222. The predicted octanol–water partition coefficient (Wildman–Crippen LogP) is 4.55. The fourth-order valence-electron chi connectivity index (χ4n) is 2.23. The Morgan fingerprint density at radius 3 is 2.96 bits per heavy atom. The first kappa shape index (κ1) is 20.0. The topological polar surface area (TPSA) is 70.5 Å². The molecule has 0 saturated heterocycles. The van der Waals surface area contributed by atoms with Gasteiger partial charge in [0.05, 0.1) is 22.3 Å². The summed E-state index contributed by atoms with van der Waals surface area (Å²) in [4.78, 5) is 27.7. The van der Waals surface area contributed by atoms with E-state index in [1.165, 1.54) is 17.7 Å². The predicted molar refractivity (Wildman–Crippen MR) is 114 cm³/mol. The zero-order valence-electron chi connectivity index (χ0n) is 14.6. The first-order valence-electron chi connectivity index (χ1n) is 7.95. The maximum Gasteiger partial charge on any atom is 0.162 e. The average Bonchev–Trinajstić information content (AvgIpc) is 3.02. The molecule has 0 radical (unpaired) electrons. The number of nitrogens with zero attached hydrogens (tertiary/aromatic N) is 4. The van der Waals surface area contributed by atoms with Gasteiger partial charge >= 0.3 is 0 Å². The third-order valence-electron chi connectivity index (χ3n) is 3.37. The highest BCUT2D eigenvalue weighted by Gasteiger charge is 2.16. The number of alkyl halides is 1. The lowest BCUT2D eigenvalue weighted by atomic mass is 10.3. The zero-order valence-corrected chi connectivity index (χ0v) is 17.0. The Morgan fingerprint density at radius 1 is 1.50 bits per heavy atom. The molecule has 0 atom stereocenters. The van der Waals surface area contributed by atoms with Crippen LogP contribution >= 0.6 is 27.3 Å². The van der Waals surface area contributed by atoms with Crippen LogP contribution in [0, 0.1) is 0 Å². The number of anilines is 1. The number of aliphatic imine (C=N–C) groups is 1. The van der Waals surface area contributed by atoms with Crippen molar-refractivity contribution in [1.29, 1.82) is 0 Å². The van der Waals surface area contributed by atoms with E-state index in [-0.39, 0.29) is 0 Å². The number of thiophene rings is 1. The monoisotopic (exact) mass is 433 g/mol. The van der Waals surface area contributed by atoms with Crippen molar-refractivity contribution in [1.82, 2.24) is 14.9 Å². The lowest BCUT2D eigenvalue weighted by Gasteiger charge is -2.14. The molecule has 6 nitrogen and oxygen atoms in total. The van der Waals surface area contributed by atoms with Crippen molar-refractivity contribution in [3.63, 3.8) is 0 Å². The number of fused-ring (bicyclic) bond motifs is 1. The van der Waals surface area contributed by atoms with Gasteiger partial charge in [-0.1, -0.05) is 34.7 Å². The van der Waals surface area contributed by atoms with E-state index in [0.717, 1.165) is 27.5 Å². The summed E-state index contributed by atoms with van der Waals surface area (Å²) in [6.45, 7) is 6.44. The van der Waals surface area contributed by atoms with Gasteiger partial charge in [0.1, 0.15) is 17.0 Å². The van der Waals surface area contributed by atoms with Crippen LogP contribution in [0.15, 0.2) is 47.9 Å². The van der Waals surface area contributed by atoms with Crippen molar-refractivity contribution in [2.24, 2.45) is 4.99 Å². The van der Waals surface area contributed by atoms with Crippen LogP contribution in [0.4, 0.5) is 11.5 Å². The van der Waals surface area contributed by atoms with Crippen LogP contribution in [0.3, 0.4) is 0 Å². The second-order valence-electron chi connectivity index (χ2n) is 5.10. The number of carbonyl (C=O) groups is 1. The number of likely N-dealkylation sites (N-methyl/N-ethyl adjacent to an activating group) is 1. The quantitative estimate of drug-likeness (QED) is 0.206. The maximum atomic E-state index is 11.5. The first-order valence-corrected chi connectivity index (χ1v) is 9.88. The lowest BCUT2D eigenvalue weighted by Crippen LogP contribution is -2.13. The number of rotatable bonds is 9. The zero-order chi connectivity index (χ0) is 18.9. The van der Waals surface area contributed by atoms with Crippen molar-refractivity contribution in [2.45, 2.75) is 6.92 Å². The highest BCUT2D eigenvalue weighted by atomic mass is 79.9. The van der Waals surface area contributed by atoms with Crippen molar-refractivity contribution in [3.05, 3.63) is 47.8 Å². The largest absolute Gasteiger partial charge is 0.370 e. The van der Waals surface area contributed by atoms with Crippen molar-refractivity contribution in [3.8, 4) is 0 Å². The number of aldehydes is 1. The van der Waals surface area contributed by atoms with Crippen LogP contribution < -0.4 is 5.32 Å². The molecule has 0 unspecified atom stereocenters. The van der Waals surface area contributed by atoms with E-state index in [4.69, 9.17) is 0 Å². The number of carbonyl (C=O) groups excluding carboxylic acids is 1. The molecule has 1 N–H and O–H groups in total. The molecule has 2 rings (SSSR count). The summed E-state index contributed by atoms with van der Waals surface area (Å²) < 4.78 is 0. The number of halogens is 1. The Kier molecular flexibility index (Phi) is 7.68. The fourth-order valence-corrected chi connectivity index (χ4v) is 3.32. The Balaban J connectivity index is 2.47. The summed E-state index contributed by atoms with van der Waals surface area (Å²) >= 11 is 4.67. The van der Waals surface area contributed by atoms with E-state index < -0.39 is 0 Å². The minimum atomic E-state index is 0.523. The molecule has 2 aromatic heterocycles. The van der Waals surface area contributed by atoms with Crippen LogP contribution in [0.1, 0.15) is 16.6 Å². The molecular weight excluding hydrogens is 414 g/mol. The van der Waals surface area contributed by atoms with Crippen molar-refractivity contribution >= 4 is 61.6 Å². The normalized spacial score (nSPS) is 12.2. The summed E-state index contributed by atoms with van der Waals surface area (Å²) in [5.41, 5.74) is 1.49. The summed E-state index contributed by atoms with van der Waals surface area (Å²) in [7, 11) is 1.88. The molecule has 0 saturated carbocycles. The Morgan fingerprint density at radius 2 is 2.31 bits per heavy atom. The van der Waals surface area contributed by atoms with E-state index in [2.05, 4.69) is 42.8 Å². The molecule has 0 bridgehead atoms. The molecule has 2 aromatic rings. The minimum absolute atomic E-state index is 0.523. The van der Waals surface area contributed by atoms with Gasteiger partial charge in [0, 0.05) is 24.6 Å². The molecule has 136 valence electrons. The van der Waals surface area contributed by atoms with E-state index in [1.54, 1.807) is 12.4 Å². The second-order valence-corrected chi connectivity index (χ2v) is 6.78. The van der Waals surface area contributed by atoms with Crippen LogP contribution in [0.5, 0.6) is 0 Å². The standard InChI is InChI=1S/C18H20BrN5OS/c1-4-7-13(8-6-9-19)24(3)12-23-16-14(10-25)26-18-15(16)17(20-5-2)21-11-22-18/h4,6-8,10-12H,1,5,9H2,2-3H3,(H,20,21,22)/b8-6-,13-7+,23-12?. The number of allylic oxidation sites excluding steroid dienone is 4. The molecule has 0 aliphatic carbocycles. The number of aromatic nitrogens is 2. The van der Waals surface area contributed by atoms with Crippen LogP contribution in [0.25, 0.3) is 10.2 Å². The average molecular weight is 434 g/mol. The minimum Gasteiger partial charge on any atom is -0.370 e. The third-order valence-corrected chi connectivity index (χ3v) is 4.76. The third kappa shape index (κ3) is 4.64. The smallest absolute Gasteiger partial charge is 0.162 e. The molecule has 0 amide bonds. The van der Waals surface area contributed by atoms with E-state index in [9.17, 15) is 4.79 Å². The van der Waals surface area contributed by atoms with E-state index >= 15 is 0 Å². The van der Waals surface area contributed by atoms with Gasteiger partial charge < -0.3 is 10.2 Å². The molecule has 2 heterocycles. The van der Waals surface area contributed by atoms with Crippen LogP contribution in [-0.4, -0.2) is 46.4 Å². The second kappa shape index (κ2) is 9.98. The molecule has 0 aliphatic heterocycles. The molecule has 0 spiro atoms. The first-order chi connectivity index (χ1) is 12.7. The number of hydrogen-bond acceptors (Lipinski definition) is 6. The lowest BCUT2D eigenvalue weighted by molar-refractivity contribution is 0.112. The molecule has 0 aromatic carbocycles.